The van der Waals surface area contributed by atoms with Gasteiger partial charge in [0.15, 0.2) is 0 Å². The van der Waals surface area contributed by atoms with Gasteiger partial charge in [-0.3, -0.25) is 0 Å². The lowest BCUT2D eigenvalue weighted by Crippen LogP contribution is -2.26. The summed E-state index contributed by atoms with van der Waals surface area (Å²) < 4.78 is 38.8. The van der Waals surface area contributed by atoms with Gasteiger partial charge >= 0.3 is 0 Å². The first-order chi connectivity index (χ1) is 9.43. The minimum absolute atomic E-state index is 0.191. The summed E-state index contributed by atoms with van der Waals surface area (Å²) in [5, 5.41) is 1.58. The number of hydrogen-bond donors (Lipinski definition) is 1. The normalized spacial score (nSPS) is 12.0. The molecule has 1 heterocycles. The molecular formula is C13H15FN2O2S2. The molecule has 0 radical (unpaired) electrons. The Kier molecular flexibility index (Phi) is 4.54. The number of sulfonamides is 1. The predicted octanol–water partition coefficient (Wildman–Crippen LogP) is 2.17. The van der Waals surface area contributed by atoms with Gasteiger partial charge in [-0.1, -0.05) is 12.1 Å². The highest BCUT2D eigenvalue weighted by Crippen LogP contribution is 2.22. The molecule has 0 aliphatic heterocycles. The van der Waals surface area contributed by atoms with Crippen LogP contribution in [0.4, 0.5) is 4.39 Å². The second-order valence-corrected chi connectivity index (χ2v) is 7.38. The average Bonchev–Trinajstić information content (AvgIpc) is 2.90. The van der Waals surface area contributed by atoms with Crippen molar-refractivity contribution in [2.45, 2.75) is 18.0 Å². The van der Waals surface area contributed by atoms with E-state index in [1.54, 1.807) is 23.6 Å². The van der Waals surface area contributed by atoms with Gasteiger partial charge in [0.1, 0.15) is 5.82 Å². The molecule has 0 aliphatic rings. The first-order valence-corrected chi connectivity index (χ1v) is 8.23. The smallest absolute Gasteiger partial charge is 0.243 e. The number of nitrogens with two attached hydrogens (primary N) is 1. The van der Waals surface area contributed by atoms with E-state index in [2.05, 4.69) is 0 Å². The number of rotatable bonds is 5. The largest absolute Gasteiger partial charge is 0.326 e. The summed E-state index contributed by atoms with van der Waals surface area (Å²) in [6.07, 6.45) is 0. The van der Waals surface area contributed by atoms with E-state index in [4.69, 9.17) is 5.73 Å². The highest BCUT2D eigenvalue weighted by molar-refractivity contribution is 7.89. The van der Waals surface area contributed by atoms with Gasteiger partial charge in [0.2, 0.25) is 10.0 Å². The number of nitrogens with zero attached hydrogens (tertiary/aromatic N) is 1. The van der Waals surface area contributed by atoms with Crippen LogP contribution in [0.25, 0.3) is 0 Å². The van der Waals surface area contributed by atoms with E-state index < -0.39 is 10.0 Å². The van der Waals surface area contributed by atoms with Crippen LogP contribution < -0.4 is 5.73 Å². The fraction of sp³-hybridized carbons (Fsp3) is 0.231. The Balaban J connectivity index is 2.18. The van der Waals surface area contributed by atoms with Gasteiger partial charge in [-0.15, -0.1) is 11.3 Å². The summed E-state index contributed by atoms with van der Waals surface area (Å²) in [6, 6.07) is 7.35. The molecule has 0 atom stereocenters. The molecule has 20 heavy (non-hydrogen) atoms. The molecule has 0 fully saturated rings. The van der Waals surface area contributed by atoms with E-state index in [0.717, 1.165) is 10.4 Å². The molecule has 108 valence electrons. The molecule has 7 heteroatoms. The SMILES string of the molecule is CN(Cc1ccc(F)cc1)S(=O)(=O)c1csc(CN)c1. The van der Waals surface area contributed by atoms with Gasteiger partial charge < -0.3 is 5.73 Å². The van der Waals surface area contributed by atoms with Crippen LogP contribution in [0.2, 0.25) is 0 Å². The Hall–Kier alpha value is -1.28. The standard InChI is InChI=1S/C13H15FN2O2S2/c1-16(8-10-2-4-11(14)5-3-10)20(17,18)13-6-12(7-15)19-9-13/h2-6,9H,7-8,15H2,1H3. The zero-order chi connectivity index (χ0) is 14.8. The monoisotopic (exact) mass is 314 g/mol. The summed E-state index contributed by atoms with van der Waals surface area (Å²) in [4.78, 5) is 1.06. The van der Waals surface area contributed by atoms with Crippen molar-refractivity contribution in [3.05, 3.63) is 52.0 Å². The quantitative estimate of drug-likeness (QED) is 0.920. The third kappa shape index (κ3) is 3.24. The highest BCUT2D eigenvalue weighted by atomic mass is 32.2. The molecule has 2 aromatic rings. The first-order valence-electron chi connectivity index (χ1n) is 5.92. The summed E-state index contributed by atoms with van der Waals surface area (Å²) in [7, 11) is -2.04. The second kappa shape index (κ2) is 6.01. The Bertz CT molecular complexity index is 681. The summed E-state index contributed by atoms with van der Waals surface area (Å²) in [5.74, 6) is -0.343. The Morgan fingerprint density at radius 1 is 1.30 bits per heavy atom. The molecule has 1 aromatic heterocycles. The van der Waals surface area contributed by atoms with Crippen LogP contribution in [-0.2, 0) is 23.1 Å². The molecule has 1 aromatic carbocycles. The lowest BCUT2D eigenvalue weighted by molar-refractivity contribution is 0.466. The molecule has 0 bridgehead atoms. The molecule has 0 saturated carbocycles. The summed E-state index contributed by atoms with van der Waals surface area (Å²) in [6.45, 7) is 0.512. The topological polar surface area (TPSA) is 63.4 Å². The third-order valence-electron chi connectivity index (χ3n) is 2.86. The second-order valence-electron chi connectivity index (χ2n) is 4.34. The molecule has 0 amide bonds. The van der Waals surface area contributed by atoms with Crippen LogP contribution in [0.15, 0.2) is 40.6 Å². The Morgan fingerprint density at radius 3 is 2.50 bits per heavy atom. The maximum atomic E-state index is 12.8. The van der Waals surface area contributed by atoms with Crippen LogP contribution in [0.5, 0.6) is 0 Å². The van der Waals surface area contributed by atoms with Crippen molar-refractivity contribution >= 4 is 21.4 Å². The molecule has 0 saturated heterocycles. The van der Waals surface area contributed by atoms with Gasteiger partial charge in [0.25, 0.3) is 0 Å². The van der Waals surface area contributed by atoms with Crippen molar-refractivity contribution in [1.29, 1.82) is 0 Å². The fourth-order valence-electron chi connectivity index (χ4n) is 1.71. The van der Waals surface area contributed by atoms with Gasteiger partial charge in [-0.25, -0.2) is 12.8 Å². The molecule has 0 unspecified atom stereocenters. The number of hydrogen-bond acceptors (Lipinski definition) is 4. The van der Waals surface area contributed by atoms with Gasteiger partial charge in [-0.05, 0) is 23.8 Å². The van der Waals surface area contributed by atoms with Gasteiger partial charge in [0.05, 0.1) is 4.90 Å². The maximum Gasteiger partial charge on any atom is 0.243 e. The lowest BCUT2D eigenvalue weighted by Gasteiger charge is -2.16. The number of thiophene rings is 1. The molecule has 2 N–H and O–H groups in total. The van der Waals surface area contributed by atoms with Crippen LogP contribution in [0, 0.1) is 5.82 Å². The van der Waals surface area contributed by atoms with E-state index in [1.165, 1.54) is 34.8 Å². The molecule has 0 aliphatic carbocycles. The van der Waals surface area contributed by atoms with Crippen molar-refractivity contribution in [3.8, 4) is 0 Å². The van der Waals surface area contributed by atoms with Crippen LogP contribution in [-0.4, -0.2) is 19.8 Å². The maximum absolute atomic E-state index is 12.8. The minimum atomic E-state index is -3.54. The fourth-order valence-corrected chi connectivity index (χ4v) is 4.02. The van der Waals surface area contributed by atoms with Crippen molar-refractivity contribution in [1.82, 2.24) is 4.31 Å². The van der Waals surface area contributed by atoms with E-state index in [1.807, 2.05) is 0 Å². The van der Waals surface area contributed by atoms with Crippen molar-refractivity contribution < 1.29 is 12.8 Å². The zero-order valence-corrected chi connectivity index (χ0v) is 12.5. The highest BCUT2D eigenvalue weighted by Gasteiger charge is 2.22. The minimum Gasteiger partial charge on any atom is -0.326 e. The van der Waals surface area contributed by atoms with Crippen molar-refractivity contribution in [2.24, 2.45) is 5.73 Å². The van der Waals surface area contributed by atoms with E-state index >= 15 is 0 Å². The predicted molar refractivity (Wildman–Crippen MR) is 77.3 cm³/mol. The number of benzene rings is 1. The molecule has 4 nitrogen and oxygen atoms in total. The average molecular weight is 314 g/mol. The third-order valence-corrected chi connectivity index (χ3v) is 5.75. The van der Waals surface area contributed by atoms with E-state index in [0.29, 0.717) is 6.54 Å². The first kappa shape index (κ1) is 15.1. The molecule has 0 spiro atoms. The Morgan fingerprint density at radius 2 is 1.95 bits per heavy atom. The van der Waals surface area contributed by atoms with Crippen molar-refractivity contribution in [2.75, 3.05) is 7.05 Å². The van der Waals surface area contributed by atoms with Gasteiger partial charge in [-0.2, -0.15) is 4.31 Å². The molecular weight excluding hydrogens is 299 g/mol. The van der Waals surface area contributed by atoms with Crippen LogP contribution >= 0.6 is 11.3 Å². The summed E-state index contributed by atoms with van der Waals surface area (Å²) >= 11 is 1.32. The van der Waals surface area contributed by atoms with E-state index in [-0.39, 0.29) is 17.3 Å². The van der Waals surface area contributed by atoms with Gasteiger partial charge in [0, 0.05) is 30.4 Å². The zero-order valence-electron chi connectivity index (χ0n) is 10.9. The van der Waals surface area contributed by atoms with E-state index in [9.17, 15) is 12.8 Å². The Labute approximate surface area is 121 Å². The lowest BCUT2D eigenvalue weighted by atomic mass is 10.2. The van der Waals surface area contributed by atoms with Crippen molar-refractivity contribution in [3.63, 3.8) is 0 Å². The number of halogens is 1. The molecule has 2 rings (SSSR count). The summed E-state index contributed by atoms with van der Waals surface area (Å²) in [5.41, 5.74) is 6.22. The van der Waals surface area contributed by atoms with Crippen LogP contribution in [0.3, 0.4) is 0 Å². The van der Waals surface area contributed by atoms with Crippen LogP contribution in [0.1, 0.15) is 10.4 Å².